The number of fused-ring (bicyclic) bond motifs is 1. The van der Waals surface area contributed by atoms with Crippen molar-refractivity contribution >= 4 is 5.91 Å². The van der Waals surface area contributed by atoms with Gasteiger partial charge in [0, 0.05) is 17.5 Å². The van der Waals surface area contributed by atoms with Crippen molar-refractivity contribution in [3.05, 3.63) is 23.8 Å². The van der Waals surface area contributed by atoms with Gasteiger partial charge in [0.2, 0.25) is 0 Å². The molecule has 18 heavy (non-hydrogen) atoms. The number of nitrogens with one attached hydrogen (secondary N) is 1. The summed E-state index contributed by atoms with van der Waals surface area (Å²) in [6.45, 7) is 3.94. The third kappa shape index (κ3) is 2.03. The van der Waals surface area contributed by atoms with Crippen LogP contribution < -0.4 is 14.8 Å². The van der Waals surface area contributed by atoms with Gasteiger partial charge in [-0.1, -0.05) is 0 Å². The summed E-state index contributed by atoms with van der Waals surface area (Å²) in [7, 11) is 0. The van der Waals surface area contributed by atoms with Crippen LogP contribution in [0, 0.1) is 5.41 Å². The van der Waals surface area contributed by atoms with Gasteiger partial charge in [0.05, 0.1) is 13.2 Å². The molecule has 1 heterocycles. The second kappa shape index (κ2) is 4.19. The Morgan fingerprint density at radius 1 is 1.28 bits per heavy atom. The van der Waals surface area contributed by atoms with E-state index in [9.17, 15) is 4.79 Å². The van der Waals surface area contributed by atoms with Gasteiger partial charge in [-0.3, -0.25) is 4.79 Å². The van der Waals surface area contributed by atoms with E-state index in [0.29, 0.717) is 24.5 Å². The molecule has 0 bridgehead atoms. The molecule has 1 aromatic carbocycles. The number of hydrogen-bond acceptors (Lipinski definition) is 3. The van der Waals surface area contributed by atoms with E-state index in [-0.39, 0.29) is 11.3 Å². The van der Waals surface area contributed by atoms with Crippen LogP contribution in [-0.4, -0.2) is 25.7 Å². The molecule has 0 aromatic heterocycles. The van der Waals surface area contributed by atoms with Crippen LogP contribution in [0.4, 0.5) is 0 Å². The lowest BCUT2D eigenvalue weighted by atomic mass is 10.1. The highest BCUT2D eigenvalue weighted by Crippen LogP contribution is 2.49. The zero-order chi connectivity index (χ0) is 12.6. The Kier molecular flexibility index (Phi) is 2.65. The van der Waals surface area contributed by atoms with Crippen LogP contribution in [0.25, 0.3) is 0 Å². The lowest BCUT2D eigenvalue weighted by Crippen LogP contribution is -2.22. The van der Waals surface area contributed by atoms with E-state index in [2.05, 4.69) is 5.32 Å². The van der Waals surface area contributed by atoms with Gasteiger partial charge in [0.25, 0.3) is 5.91 Å². The molecule has 0 unspecified atom stereocenters. The second-order valence-electron chi connectivity index (χ2n) is 5.10. The number of rotatable bonds is 2. The Balaban J connectivity index is 1.82. The summed E-state index contributed by atoms with van der Waals surface area (Å²) in [5, 5.41) is 2.78. The van der Waals surface area contributed by atoms with E-state index in [1.165, 1.54) is 12.8 Å². The summed E-state index contributed by atoms with van der Waals surface area (Å²) in [6, 6.07) is 5.36. The fraction of sp³-hybridized carbons (Fsp3) is 0.500. The van der Waals surface area contributed by atoms with E-state index in [1.807, 2.05) is 13.0 Å². The molecule has 0 saturated heterocycles. The van der Waals surface area contributed by atoms with Gasteiger partial charge in [0.1, 0.15) is 0 Å². The van der Waals surface area contributed by atoms with Crippen molar-refractivity contribution in [2.45, 2.75) is 19.8 Å². The van der Waals surface area contributed by atoms with E-state index in [0.717, 1.165) is 12.4 Å². The molecule has 1 aliphatic heterocycles. The molecule has 4 heteroatoms. The molecule has 0 atom stereocenters. The molecule has 1 saturated carbocycles. The van der Waals surface area contributed by atoms with Crippen molar-refractivity contribution in [1.82, 2.24) is 5.32 Å². The van der Waals surface area contributed by atoms with Crippen molar-refractivity contribution in [2.24, 2.45) is 5.41 Å². The quantitative estimate of drug-likeness (QED) is 0.869. The van der Waals surface area contributed by atoms with Gasteiger partial charge in [-0.25, -0.2) is 0 Å². The highest BCUT2D eigenvalue weighted by Gasteiger charge is 2.46. The first kappa shape index (κ1) is 11.4. The number of carbonyl (C=O) groups is 1. The van der Waals surface area contributed by atoms with E-state index < -0.39 is 0 Å². The monoisotopic (exact) mass is 247 g/mol. The Morgan fingerprint density at radius 2 is 2.00 bits per heavy atom. The van der Waals surface area contributed by atoms with Crippen molar-refractivity contribution in [3.63, 3.8) is 0 Å². The molecule has 1 aromatic rings. The first-order valence-corrected chi connectivity index (χ1v) is 6.40. The van der Waals surface area contributed by atoms with Crippen molar-refractivity contribution in [3.8, 4) is 11.5 Å². The Labute approximate surface area is 106 Å². The fourth-order valence-corrected chi connectivity index (χ4v) is 2.11. The Hall–Kier alpha value is -1.71. The highest BCUT2D eigenvalue weighted by atomic mass is 16.5. The van der Waals surface area contributed by atoms with Crippen molar-refractivity contribution < 1.29 is 14.3 Å². The average molecular weight is 247 g/mol. The molecule has 4 nitrogen and oxygen atoms in total. The first-order valence-electron chi connectivity index (χ1n) is 6.40. The lowest BCUT2D eigenvalue weighted by Gasteiger charge is -2.09. The summed E-state index contributed by atoms with van der Waals surface area (Å²) in [5.41, 5.74) is 0.844. The van der Waals surface area contributed by atoms with Gasteiger partial charge in [-0.15, -0.1) is 0 Å². The number of ether oxygens (including phenoxy) is 2. The molecule has 0 radical (unpaired) electrons. The van der Waals surface area contributed by atoms with Crippen molar-refractivity contribution in [1.29, 1.82) is 0 Å². The normalized spacial score (nSPS) is 19.2. The molecule has 2 aliphatic rings. The molecule has 96 valence electrons. The van der Waals surface area contributed by atoms with Gasteiger partial charge in [0.15, 0.2) is 11.5 Å². The third-order valence-corrected chi connectivity index (χ3v) is 3.57. The van der Waals surface area contributed by atoms with Crippen LogP contribution in [0.1, 0.15) is 30.1 Å². The van der Waals surface area contributed by atoms with Crippen LogP contribution in [0.2, 0.25) is 0 Å². The van der Waals surface area contributed by atoms with E-state index in [1.54, 1.807) is 12.1 Å². The van der Waals surface area contributed by atoms with Crippen LogP contribution in [0.3, 0.4) is 0 Å². The number of amides is 1. The minimum Gasteiger partial charge on any atom is -0.489 e. The van der Waals surface area contributed by atoms with Crippen LogP contribution in [0.15, 0.2) is 18.2 Å². The van der Waals surface area contributed by atoms with Crippen LogP contribution in [-0.2, 0) is 0 Å². The second-order valence-corrected chi connectivity index (χ2v) is 5.10. The molecule has 1 aliphatic carbocycles. The maximum Gasteiger partial charge on any atom is 0.251 e. The SMILES string of the molecule is CCNC(=O)c1ccc2c(c1)OCC1(CC1)CO2. The minimum absolute atomic E-state index is 0.0747. The smallest absolute Gasteiger partial charge is 0.251 e. The summed E-state index contributed by atoms with van der Waals surface area (Å²) in [6.07, 6.45) is 2.34. The highest BCUT2D eigenvalue weighted by molar-refractivity contribution is 5.94. The number of carbonyl (C=O) groups excluding carboxylic acids is 1. The lowest BCUT2D eigenvalue weighted by molar-refractivity contribution is 0.0955. The number of hydrogen-bond donors (Lipinski definition) is 1. The number of benzene rings is 1. The summed E-state index contributed by atoms with van der Waals surface area (Å²) < 4.78 is 11.6. The van der Waals surface area contributed by atoms with E-state index >= 15 is 0 Å². The topological polar surface area (TPSA) is 47.6 Å². The molecule has 3 rings (SSSR count). The molecular formula is C14H17NO3. The third-order valence-electron chi connectivity index (χ3n) is 3.57. The summed E-state index contributed by atoms with van der Waals surface area (Å²) >= 11 is 0. The standard InChI is InChI=1S/C14H17NO3/c1-2-15-13(16)10-3-4-11-12(7-10)18-9-14(5-6-14)8-17-11/h3-4,7H,2,5-6,8-9H2,1H3,(H,15,16). The Bertz CT molecular complexity index is 480. The van der Waals surface area contributed by atoms with Crippen LogP contribution in [0.5, 0.6) is 11.5 Å². The van der Waals surface area contributed by atoms with Gasteiger partial charge >= 0.3 is 0 Å². The minimum atomic E-state index is -0.0747. The van der Waals surface area contributed by atoms with Crippen LogP contribution >= 0.6 is 0 Å². The fourth-order valence-electron chi connectivity index (χ4n) is 2.11. The van der Waals surface area contributed by atoms with Gasteiger partial charge in [-0.2, -0.15) is 0 Å². The molecule has 1 fully saturated rings. The molecule has 1 N–H and O–H groups in total. The summed E-state index contributed by atoms with van der Waals surface area (Å²) in [4.78, 5) is 11.7. The van der Waals surface area contributed by atoms with Gasteiger partial charge in [-0.05, 0) is 38.0 Å². The van der Waals surface area contributed by atoms with E-state index in [4.69, 9.17) is 9.47 Å². The predicted molar refractivity (Wildman–Crippen MR) is 67.1 cm³/mol. The van der Waals surface area contributed by atoms with Gasteiger partial charge < -0.3 is 14.8 Å². The maximum atomic E-state index is 11.7. The largest absolute Gasteiger partial charge is 0.489 e. The zero-order valence-electron chi connectivity index (χ0n) is 10.5. The van der Waals surface area contributed by atoms with Crippen molar-refractivity contribution in [2.75, 3.05) is 19.8 Å². The Morgan fingerprint density at radius 3 is 2.67 bits per heavy atom. The molecule has 1 amide bonds. The maximum absolute atomic E-state index is 11.7. The molecule has 1 spiro atoms. The molecular weight excluding hydrogens is 230 g/mol. The predicted octanol–water partition coefficient (Wildman–Crippen LogP) is 1.99. The zero-order valence-corrected chi connectivity index (χ0v) is 10.5. The summed E-state index contributed by atoms with van der Waals surface area (Å²) in [5.74, 6) is 1.35. The first-order chi connectivity index (χ1) is 8.72. The average Bonchev–Trinajstić information content (AvgIpc) is 3.17.